The number of unbranched alkanes of at least 4 members (excludes halogenated alkanes) is 27. The second kappa shape index (κ2) is 62.3. The van der Waals surface area contributed by atoms with E-state index in [9.17, 15) is 61.0 Å². The van der Waals surface area contributed by atoms with Gasteiger partial charge in [-0.2, -0.15) is 0 Å². The van der Waals surface area contributed by atoms with Gasteiger partial charge in [-0.25, -0.2) is 0 Å². The van der Waals surface area contributed by atoms with Crippen molar-refractivity contribution in [2.75, 3.05) is 26.4 Å². The third-order valence-corrected chi connectivity index (χ3v) is 19.0. The van der Waals surface area contributed by atoms with Crippen molar-refractivity contribution < 1.29 is 89.4 Å². The zero-order valence-electron chi connectivity index (χ0n) is 62.5. The van der Waals surface area contributed by atoms with Gasteiger partial charge < -0.3 is 89.9 Å². The lowest BCUT2D eigenvalue weighted by molar-refractivity contribution is -0.379. The van der Waals surface area contributed by atoms with E-state index in [4.69, 9.17) is 28.4 Å². The number of amides is 1. The van der Waals surface area contributed by atoms with Crippen LogP contribution in [0, 0.1) is 0 Å². The van der Waals surface area contributed by atoms with Crippen molar-refractivity contribution in [1.82, 2.24) is 5.32 Å². The van der Waals surface area contributed by atoms with Crippen molar-refractivity contribution in [3.05, 3.63) is 122 Å². The van der Waals surface area contributed by atoms with Gasteiger partial charge in [0, 0.05) is 6.42 Å². The number of carbonyl (C=O) groups is 1. The molecule has 3 aliphatic heterocycles. The molecule has 3 aliphatic rings. The summed E-state index contributed by atoms with van der Waals surface area (Å²) in [5.41, 5.74) is 0. The average Bonchev–Trinajstić information content (AvgIpc) is 0.755. The van der Waals surface area contributed by atoms with Crippen LogP contribution in [0.15, 0.2) is 122 Å². The number of hydrogen-bond acceptors (Lipinski definition) is 18. The zero-order chi connectivity index (χ0) is 73.9. The smallest absolute Gasteiger partial charge is 0.220 e. The van der Waals surface area contributed by atoms with Gasteiger partial charge in [-0.15, -0.1) is 0 Å². The minimum absolute atomic E-state index is 0.236. The molecule has 0 aliphatic carbocycles. The van der Waals surface area contributed by atoms with Crippen molar-refractivity contribution in [3.63, 3.8) is 0 Å². The summed E-state index contributed by atoms with van der Waals surface area (Å²) in [6.07, 6.45) is 60.4. The molecule has 0 bridgehead atoms. The molecule has 102 heavy (non-hydrogen) atoms. The van der Waals surface area contributed by atoms with Crippen LogP contribution in [0.5, 0.6) is 0 Å². The Labute approximate surface area is 614 Å². The van der Waals surface area contributed by atoms with Crippen LogP contribution >= 0.6 is 0 Å². The van der Waals surface area contributed by atoms with E-state index in [1.807, 2.05) is 6.08 Å². The van der Waals surface area contributed by atoms with E-state index in [0.717, 1.165) is 116 Å². The molecule has 19 nitrogen and oxygen atoms in total. The zero-order valence-corrected chi connectivity index (χ0v) is 62.5. The summed E-state index contributed by atoms with van der Waals surface area (Å²) in [6, 6.07) is -0.981. The predicted molar refractivity (Wildman–Crippen MR) is 406 cm³/mol. The van der Waals surface area contributed by atoms with Gasteiger partial charge in [0.2, 0.25) is 5.91 Å². The number of ether oxygens (including phenoxy) is 6. The largest absolute Gasteiger partial charge is 0.394 e. The highest BCUT2D eigenvalue weighted by Gasteiger charge is 2.53. The number of allylic oxidation sites excluding steroid dienone is 19. The van der Waals surface area contributed by atoms with Gasteiger partial charge in [0.1, 0.15) is 73.2 Å². The van der Waals surface area contributed by atoms with Crippen LogP contribution in [-0.2, 0) is 33.2 Å². The second-order valence-electron chi connectivity index (χ2n) is 27.8. The van der Waals surface area contributed by atoms with Gasteiger partial charge in [0.05, 0.1) is 38.6 Å². The first-order valence-electron chi connectivity index (χ1n) is 39.8. The van der Waals surface area contributed by atoms with E-state index in [2.05, 4.69) is 129 Å². The van der Waals surface area contributed by atoms with E-state index < -0.39 is 124 Å². The van der Waals surface area contributed by atoms with Crippen LogP contribution in [0.2, 0.25) is 0 Å². The average molecular weight is 1440 g/mol. The molecule has 3 rings (SSSR count). The van der Waals surface area contributed by atoms with E-state index in [1.54, 1.807) is 6.08 Å². The first-order valence-corrected chi connectivity index (χ1v) is 39.8. The molecule has 3 fully saturated rings. The normalized spacial score (nSPS) is 26.9. The number of rotatable bonds is 61. The van der Waals surface area contributed by atoms with E-state index >= 15 is 0 Å². The number of hydrogen-bond donors (Lipinski definition) is 12. The van der Waals surface area contributed by atoms with Crippen LogP contribution in [0.25, 0.3) is 0 Å². The Morgan fingerprint density at radius 3 is 1.06 bits per heavy atom. The summed E-state index contributed by atoms with van der Waals surface area (Å²) in [6.45, 7) is 1.62. The third kappa shape index (κ3) is 41.9. The standard InChI is InChI=1S/C83H141NO18/c1-3-5-7-9-11-13-15-17-19-21-22-23-24-25-26-27-28-29-30-31-32-33-34-35-36-37-38-39-40-41-42-43-44-45-47-49-51-53-55-57-59-61-71(89)84-66(67(88)60-58-56-54-52-50-48-46-20-18-16-14-12-10-8-6-4-2)65-97-81-77(95)74(92)79(69(63-86)99-81)102-83-78(96)75(93)80(70(64-87)100-83)101-82-76(94)73(91)72(90)68(62-85)98-82/h5,7,11,13,17,19,22-23,25-26,28-29,31-32,34-35,37-38,58,60,66-70,72-83,85-88,90-96H,3-4,6,8-10,12,14-16,18,20-21,24,27,30,33,36,39-57,59,61-65H2,1-2H3,(H,84,89)/b7-5-,13-11-,19-17-,23-22-,26-25-,29-28-,32-31-,35-34-,38-37-,60-58+. The van der Waals surface area contributed by atoms with Crippen LogP contribution in [-0.4, -0.2) is 193 Å². The molecule has 586 valence electrons. The summed E-state index contributed by atoms with van der Waals surface area (Å²) in [7, 11) is 0. The SMILES string of the molecule is CC/C=C\C/C=C\C/C=C\C/C=C\C/C=C\C/C=C\C/C=C\C/C=C\C/C=C\CCCCCCCCCCCCCCCC(=O)NC(COC1OC(CO)C(OC2OC(CO)C(OC3OC(CO)C(O)C(O)C3O)C(O)C2O)C(O)C1O)C(O)/C=C/CCCCCCCCCCCCCCCC. The fraction of sp³-hybridized carbons (Fsp3) is 0.747. The fourth-order valence-corrected chi connectivity index (χ4v) is 12.7. The molecule has 3 heterocycles. The number of carbonyl (C=O) groups excluding carboxylic acids is 1. The van der Waals surface area contributed by atoms with Crippen molar-refractivity contribution in [1.29, 1.82) is 0 Å². The predicted octanol–water partition coefficient (Wildman–Crippen LogP) is 13.1. The minimum Gasteiger partial charge on any atom is -0.394 e. The highest BCUT2D eigenvalue weighted by Crippen LogP contribution is 2.33. The molecule has 12 N–H and O–H groups in total. The fourth-order valence-electron chi connectivity index (χ4n) is 12.7. The Morgan fingerprint density at radius 1 is 0.363 bits per heavy atom. The Hall–Kier alpha value is -3.81. The van der Waals surface area contributed by atoms with Crippen molar-refractivity contribution >= 4 is 5.91 Å². The molecule has 0 spiro atoms. The maximum Gasteiger partial charge on any atom is 0.220 e. The van der Waals surface area contributed by atoms with E-state index in [1.165, 1.54) is 122 Å². The Bertz CT molecular complexity index is 2320. The molecule has 1 amide bonds. The molecule has 0 saturated carbocycles. The summed E-state index contributed by atoms with van der Waals surface area (Å²) in [4.78, 5) is 13.5. The molecule has 0 radical (unpaired) electrons. The monoisotopic (exact) mass is 1440 g/mol. The molecule has 0 aromatic heterocycles. The van der Waals surface area contributed by atoms with Crippen molar-refractivity contribution in [2.24, 2.45) is 0 Å². The number of aliphatic hydroxyl groups is 11. The van der Waals surface area contributed by atoms with Gasteiger partial charge in [0.25, 0.3) is 0 Å². The summed E-state index contributed by atoms with van der Waals surface area (Å²) >= 11 is 0. The van der Waals surface area contributed by atoms with E-state index in [0.29, 0.717) is 6.42 Å². The van der Waals surface area contributed by atoms with Gasteiger partial charge in [-0.3, -0.25) is 4.79 Å². The topological polar surface area (TPSA) is 307 Å². The minimum atomic E-state index is -1.98. The van der Waals surface area contributed by atoms with Gasteiger partial charge in [-0.05, 0) is 89.9 Å². The van der Waals surface area contributed by atoms with Gasteiger partial charge in [0.15, 0.2) is 18.9 Å². The number of nitrogens with one attached hydrogen (secondary N) is 1. The molecule has 0 aromatic rings. The lowest BCUT2D eigenvalue weighted by Crippen LogP contribution is -2.66. The summed E-state index contributed by atoms with van der Waals surface area (Å²) in [5, 5.41) is 121. The van der Waals surface area contributed by atoms with Crippen LogP contribution in [0.4, 0.5) is 0 Å². The Balaban J connectivity index is 1.32. The molecule has 17 unspecified atom stereocenters. The van der Waals surface area contributed by atoms with Gasteiger partial charge >= 0.3 is 0 Å². The van der Waals surface area contributed by atoms with Gasteiger partial charge in [-0.1, -0.05) is 289 Å². The van der Waals surface area contributed by atoms with E-state index in [-0.39, 0.29) is 18.9 Å². The van der Waals surface area contributed by atoms with Crippen LogP contribution in [0.1, 0.15) is 264 Å². The summed E-state index contributed by atoms with van der Waals surface area (Å²) < 4.78 is 34.4. The molecule has 19 heteroatoms. The maximum absolute atomic E-state index is 13.5. The third-order valence-electron chi connectivity index (χ3n) is 19.0. The first kappa shape index (κ1) is 92.4. The van der Waals surface area contributed by atoms with Crippen LogP contribution < -0.4 is 5.32 Å². The van der Waals surface area contributed by atoms with Crippen molar-refractivity contribution in [2.45, 2.75) is 369 Å². The van der Waals surface area contributed by atoms with Crippen molar-refractivity contribution in [3.8, 4) is 0 Å². The molecular formula is C83H141NO18. The quantitative estimate of drug-likeness (QED) is 0.0199. The summed E-state index contributed by atoms with van der Waals surface area (Å²) in [5.74, 6) is -0.280. The highest BCUT2D eigenvalue weighted by molar-refractivity contribution is 5.76. The first-order chi connectivity index (χ1) is 49.8. The molecule has 0 aromatic carbocycles. The maximum atomic E-state index is 13.5. The molecule has 17 atom stereocenters. The molecular weight excluding hydrogens is 1300 g/mol. The molecule has 3 saturated heterocycles. The second-order valence-corrected chi connectivity index (χ2v) is 27.8. The lowest BCUT2D eigenvalue weighted by Gasteiger charge is -2.48. The highest BCUT2D eigenvalue weighted by atomic mass is 16.8. The van der Waals surface area contributed by atoms with Crippen LogP contribution in [0.3, 0.4) is 0 Å². The Morgan fingerprint density at radius 2 is 0.676 bits per heavy atom. The Kier molecular flexibility index (Phi) is 56.4. The number of aliphatic hydroxyl groups excluding tert-OH is 11. The lowest BCUT2D eigenvalue weighted by atomic mass is 9.96.